The SMILES string of the molecule is Cc1onc(-c2c(F)cccc2Cl)c1C(=O)NCCC(=O)Nc1ccc(Br)cc1. The van der Waals surface area contributed by atoms with Crippen LogP contribution in [0.1, 0.15) is 22.5 Å². The number of halogens is 3. The highest BCUT2D eigenvalue weighted by molar-refractivity contribution is 9.10. The summed E-state index contributed by atoms with van der Waals surface area (Å²) in [5.41, 5.74) is 0.729. The van der Waals surface area contributed by atoms with Gasteiger partial charge < -0.3 is 15.2 Å². The molecule has 0 atom stereocenters. The van der Waals surface area contributed by atoms with Gasteiger partial charge in [0.2, 0.25) is 5.91 Å². The Labute approximate surface area is 179 Å². The fraction of sp³-hybridized carbons (Fsp3) is 0.150. The summed E-state index contributed by atoms with van der Waals surface area (Å²) >= 11 is 9.39. The molecule has 0 aliphatic heterocycles. The van der Waals surface area contributed by atoms with Gasteiger partial charge in [0.1, 0.15) is 22.8 Å². The molecule has 0 fully saturated rings. The summed E-state index contributed by atoms with van der Waals surface area (Å²) < 4.78 is 20.2. The number of carbonyl (C=O) groups excluding carboxylic acids is 2. The summed E-state index contributed by atoms with van der Waals surface area (Å²) in [5, 5.41) is 9.26. The number of rotatable bonds is 6. The van der Waals surface area contributed by atoms with E-state index in [1.165, 1.54) is 18.2 Å². The van der Waals surface area contributed by atoms with Gasteiger partial charge in [-0.2, -0.15) is 0 Å². The monoisotopic (exact) mass is 479 g/mol. The van der Waals surface area contributed by atoms with Gasteiger partial charge in [0.05, 0.1) is 10.6 Å². The molecule has 6 nitrogen and oxygen atoms in total. The van der Waals surface area contributed by atoms with Gasteiger partial charge in [-0.25, -0.2) is 4.39 Å². The fourth-order valence-electron chi connectivity index (χ4n) is 2.67. The van der Waals surface area contributed by atoms with Crippen LogP contribution in [0.25, 0.3) is 11.3 Å². The summed E-state index contributed by atoms with van der Waals surface area (Å²) in [5.74, 6) is -1.19. The van der Waals surface area contributed by atoms with Crippen LogP contribution in [0.5, 0.6) is 0 Å². The van der Waals surface area contributed by atoms with Crippen molar-refractivity contribution in [1.82, 2.24) is 10.5 Å². The lowest BCUT2D eigenvalue weighted by Gasteiger charge is -2.08. The molecule has 3 rings (SSSR count). The van der Waals surface area contributed by atoms with E-state index in [4.69, 9.17) is 16.1 Å². The van der Waals surface area contributed by atoms with Crippen LogP contribution in [-0.4, -0.2) is 23.5 Å². The average molecular weight is 481 g/mol. The molecule has 2 amide bonds. The molecule has 29 heavy (non-hydrogen) atoms. The number of hydrogen-bond donors (Lipinski definition) is 2. The van der Waals surface area contributed by atoms with Crippen LogP contribution in [-0.2, 0) is 4.79 Å². The fourth-order valence-corrected chi connectivity index (χ4v) is 3.19. The summed E-state index contributed by atoms with van der Waals surface area (Å²) in [4.78, 5) is 24.6. The topological polar surface area (TPSA) is 84.2 Å². The number of amides is 2. The van der Waals surface area contributed by atoms with Gasteiger partial charge in [0.15, 0.2) is 0 Å². The lowest BCUT2D eigenvalue weighted by molar-refractivity contribution is -0.116. The van der Waals surface area contributed by atoms with E-state index in [9.17, 15) is 14.0 Å². The molecule has 1 aromatic heterocycles. The number of nitrogens with zero attached hydrogens (tertiary/aromatic N) is 1. The van der Waals surface area contributed by atoms with Crippen molar-refractivity contribution in [2.45, 2.75) is 13.3 Å². The first-order valence-corrected chi connectivity index (χ1v) is 9.78. The number of benzene rings is 2. The minimum absolute atomic E-state index is 0.0100. The van der Waals surface area contributed by atoms with E-state index in [1.54, 1.807) is 31.2 Å². The first-order chi connectivity index (χ1) is 13.9. The molecule has 9 heteroatoms. The molecule has 0 saturated heterocycles. The van der Waals surface area contributed by atoms with E-state index < -0.39 is 11.7 Å². The van der Waals surface area contributed by atoms with Gasteiger partial charge in [-0.1, -0.05) is 38.8 Å². The molecular formula is C20H16BrClFN3O3. The van der Waals surface area contributed by atoms with E-state index in [2.05, 4.69) is 31.7 Å². The van der Waals surface area contributed by atoms with Crippen molar-refractivity contribution >= 4 is 45.0 Å². The quantitative estimate of drug-likeness (QED) is 0.522. The number of aryl methyl sites for hydroxylation is 1. The molecule has 0 radical (unpaired) electrons. The molecular weight excluding hydrogens is 465 g/mol. The highest BCUT2D eigenvalue weighted by Crippen LogP contribution is 2.33. The molecule has 3 aromatic rings. The smallest absolute Gasteiger partial charge is 0.257 e. The van der Waals surface area contributed by atoms with Crippen molar-refractivity contribution in [1.29, 1.82) is 0 Å². The average Bonchev–Trinajstić information content (AvgIpc) is 3.04. The zero-order valence-electron chi connectivity index (χ0n) is 15.3. The summed E-state index contributed by atoms with van der Waals surface area (Å²) in [6.07, 6.45) is 0.0575. The molecule has 1 heterocycles. The van der Waals surface area contributed by atoms with Crippen LogP contribution in [0.15, 0.2) is 51.5 Å². The second-order valence-corrected chi connectivity index (χ2v) is 7.44. The molecule has 0 spiro atoms. The highest BCUT2D eigenvalue weighted by atomic mass is 79.9. The van der Waals surface area contributed by atoms with Crippen molar-refractivity contribution in [3.63, 3.8) is 0 Å². The molecule has 150 valence electrons. The number of hydrogen-bond acceptors (Lipinski definition) is 4. The van der Waals surface area contributed by atoms with Crippen molar-refractivity contribution in [3.05, 3.63) is 69.1 Å². The number of nitrogens with one attached hydrogen (secondary N) is 2. The lowest BCUT2D eigenvalue weighted by atomic mass is 10.0. The Morgan fingerprint density at radius 3 is 2.62 bits per heavy atom. The largest absolute Gasteiger partial charge is 0.360 e. The van der Waals surface area contributed by atoms with Crippen LogP contribution in [0, 0.1) is 12.7 Å². The molecule has 2 aromatic carbocycles. The highest BCUT2D eigenvalue weighted by Gasteiger charge is 2.25. The van der Waals surface area contributed by atoms with E-state index in [-0.39, 0.29) is 46.5 Å². The van der Waals surface area contributed by atoms with Crippen LogP contribution < -0.4 is 10.6 Å². The zero-order chi connectivity index (χ0) is 21.0. The van der Waals surface area contributed by atoms with Crippen LogP contribution in [0.3, 0.4) is 0 Å². The molecule has 0 bridgehead atoms. The molecule has 2 N–H and O–H groups in total. The van der Waals surface area contributed by atoms with E-state index >= 15 is 0 Å². The molecule has 0 unspecified atom stereocenters. The zero-order valence-corrected chi connectivity index (χ0v) is 17.6. The molecule has 0 saturated carbocycles. The van der Waals surface area contributed by atoms with Crippen molar-refractivity contribution in [2.75, 3.05) is 11.9 Å². The molecule has 0 aliphatic carbocycles. The standard InChI is InChI=1S/C20H16BrClFN3O3/c1-11-17(19(26-29-11)18-14(22)3-2-4-15(18)23)20(28)24-10-9-16(27)25-13-7-5-12(21)6-8-13/h2-8H,9-10H2,1H3,(H,24,28)(H,25,27). The van der Waals surface area contributed by atoms with E-state index in [0.29, 0.717) is 5.69 Å². The second-order valence-electron chi connectivity index (χ2n) is 6.12. The summed E-state index contributed by atoms with van der Waals surface area (Å²) in [6.45, 7) is 1.62. The third kappa shape index (κ3) is 5.02. The van der Waals surface area contributed by atoms with Gasteiger partial charge in [-0.3, -0.25) is 9.59 Å². The first kappa shape index (κ1) is 21.0. The number of carbonyl (C=O) groups is 2. The maximum Gasteiger partial charge on any atom is 0.257 e. The van der Waals surface area contributed by atoms with Crippen LogP contribution in [0.2, 0.25) is 5.02 Å². The van der Waals surface area contributed by atoms with Crippen LogP contribution >= 0.6 is 27.5 Å². The number of anilines is 1. The van der Waals surface area contributed by atoms with Gasteiger partial charge >= 0.3 is 0 Å². The maximum atomic E-state index is 14.2. The summed E-state index contributed by atoms with van der Waals surface area (Å²) in [7, 11) is 0. The molecule has 0 aliphatic rings. The van der Waals surface area contributed by atoms with Gasteiger partial charge in [0.25, 0.3) is 5.91 Å². The van der Waals surface area contributed by atoms with Gasteiger partial charge in [0, 0.05) is 23.1 Å². The van der Waals surface area contributed by atoms with Gasteiger partial charge in [-0.15, -0.1) is 0 Å². The third-order valence-corrected chi connectivity index (χ3v) is 4.90. The normalized spacial score (nSPS) is 10.6. The Kier molecular flexibility index (Phi) is 6.66. The Morgan fingerprint density at radius 1 is 1.21 bits per heavy atom. The predicted molar refractivity (Wildman–Crippen MR) is 111 cm³/mol. The van der Waals surface area contributed by atoms with Crippen molar-refractivity contribution in [3.8, 4) is 11.3 Å². The van der Waals surface area contributed by atoms with Crippen molar-refractivity contribution < 1.29 is 18.5 Å². The predicted octanol–water partition coefficient (Wildman–Crippen LogP) is 4.96. The van der Waals surface area contributed by atoms with Crippen molar-refractivity contribution in [2.24, 2.45) is 0 Å². The van der Waals surface area contributed by atoms with Crippen LogP contribution in [0.4, 0.5) is 10.1 Å². The first-order valence-electron chi connectivity index (χ1n) is 8.61. The van der Waals surface area contributed by atoms with E-state index in [1.807, 2.05) is 0 Å². The lowest BCUT2D eigenvalue weighted by Crippen LogP contribution is -2.28. The Morgan fingerprint density at radius 2 is 1.93 bits per heavy atom. The second kappa shape index (κ2) is 9.19. The van der Waals surface area contributed by atoms with E-state index in [0.717, 1.165) is 4.47 Å². The Bertz CT molecular complexity index is 1030. The third-order valence-electron chi connectivity index (χ3n) is 4.05. The van der Waals surface area contributed by atoms with Gasteiger partial charge in [-0.05, 0) is 43.3 Å². The Hall–Kier alpha value is -2.71. The Balaban J connectivity index is 1.65. The summed E-state index contributed by atoms with van der Waals surface area (Å²) in [6, 6.07) is 11.3. The minimum atomic E-state index is -0.617. The minimum Gasteiger partial charge on any atom is -0.360 e. The number of aromatic nitrogens is 1. The maximum absolute atomic E-state index is 14.2.